The number of hydrogen-bond acceptors (Lipinski definition) is 2. The Balaban J connectivity index is 2.41. The minimum atomic E-state index is 0.299. The summed E-state index contributed by atoms with van der Waals surface area (Å²) in [7, 11) is 1.72. The molecule has 1 heterocycles. The Kier molecular flexibility index (Phi) is 3.15. The van der Waals surface area contributed by atoms with Gasteiger partial charge in [-0.15, -0.1) is 0 Å². The van der Waals surface area contributed by atoms with Crippen LogP contribution in [0.25, 0.3) is 0 Å². The van der Waals surface area contributed by atoms with E-state index >= 15 is 0 Å². The van der Waals surface area contributed by atoms with Crippen LogP contribution in [0.1, 0.15) is 47.6 Å². The van der Waals surface area contributed by atoms with Crippen molar-refractivity contribution in [1.82, 2.24) is 4.57 Å². The van der Waals surface area contributed by atoms with Crippen LogP contribution < -0.4 is 0 Å². The van der Waals surface area contributed by atoms with Gasteiger partial charge in [0.25, 0.3) is 0 Å². The van der Waals surface area contributed by atoms with E-state index in [4.69, 9.17) is 4.74 Å². The molecule has 0 N–H and O–H groups in total. The molecule has 1 unspecified atom stereocenters. The monoisotopic (exact) mass is 221 g/mol. The molecule has 0 aromatic carbocycles. The van der Waals surface area contributed by atoms with Crippen molar-refractivity contribution in [1.29, 1.82) is 0 Å². The highest BCUT2D eigenvalue weighted by Crippen LogP contribution is 2.27. The van der Waals surface area contributed by atoms with E-state index < -0.39 is 0 Å². The third-order valence-electron chi connectivity index (χ3n) is 3.30. The fraction of sp³-hybridized carbons (Fsp3) is 0.615. The number of ether oxygens (including phenoxy) is 1. The summed E-state index contributed by atoms with van der Waals surface area (Å²) in [6.07, 6.45) is 2.70. The summed E-state index contributed by atoms with van der Waals surface area (Å²) in [5.74, 6) is 0.299. The van der Waals surface area contributed by atoms with Crippen molar-refractivity contribution in [3.05, 3.63) is 23.0 Å². The van der Waals surface area contributed by atoms with Gasteiger partial charge in [-0.2, -0.15) is 0 Å². The summed E-state index contributed by atoms with van der Waals surface area (Å²) < 4.78 is 7.45. The average molecular weight is 221 g/mol. The number of carbonyl (C=O) groups is 1. The number of hydrogen-bond donors (Lipinski definition) is 0. The van der Waals surface area contributed by atoms with Crippen molar-refractivity contribution < 1.29 is 9.53 Å². The number of aromatic nitrogens is 1. The van der Waals surface area contributed by atoms with Gasteiger partial charge in [-0.25, -0.2) is 0 Å². The highest BCUT2D eigenvalue weighted by atomic mass is 16.5. The Morgan fingerprint density at radius 1 is 1.50 bits per heavy atom. The van der Waals surface area contributed by atoms with Crippen LogP contribution in [0.3, 0.4) is 0 Å². The fourth-order valence-electron chi connectivity index (χ4n) is 2.68. The quantitative estimate of drug-likeness (QED) is 0.785. The molecule has 1 aliphatic rings. The zero-order valence-electron chi connectivity index (χ0n) is 10.2. The van der Waals surface area contributed by atoms with Gasteiger partial charge in [-0.05, 0) is 32.8 Å². The summed E-state index contributed by atoms with van der Waals surface area (Å²) >= 11 is 0. The Morgan fingerprint density at radius 3 is 2.94 bits per heavy atom. The first kappa shape index (κ1) is 11.4. The number of nitrogens with zero attached hydrogens (tertiary/aromatic N) is 1. The minimum Gasteiger partial charge on any atom is -0.383 e. The van der Waals surface area contributed by atoms with E-state index in [0.29, 0.717) is 24.9 Å². The summed E-state index contributed by atoms with van der Waals surface area (Å²) in [5.41, 5.74) is 3.31. The van der Waals surface area contributed by atoms with Crippen molar-refractivity contribution in [2.24, 2.45) is 0 Å². The molecular weight excluding hydrogens is 202 g/mol. The van der Waals surface area contributed by atoms with Crippen molar-refractivity contribution in [3.8, 4) is 0 Å². The van der Waals surface area contributed by atoms with Gasteiger partial charge in [0.1, 0.15) is 0 Å². The van der Waals surface area contributed by atoms with Gasteiger partial charge in [0, 0.05) is 30.5 Å². The number of rotatable bonds is 3. The molecule has 1 atom stereocenters. The predicted octanol–water partition coefficient (Wildman–Crippen LogP) is 2.52. The summed E-state index contributed by atoms with van der Waals surface area (Å²) in [6, 6.07) is 2.34. The molecule has 1 aromatic rings. The van der Waals surface area contributed by atoms with Gasteiger partial charge in [0.2, 0.25) is 0 Å². The van der Waals surface area contributed by atoms with Crippen molar-refractivity contribution in [2.75, 3.05) is 13.7 Å². The number of Topliss-reactive ketones (excluding diaryl/α,β-unsaturated/α-hetero) is 1. The maximum Gasteiger partial charge on any atom is 0.164 e. The molecule has 0 saturated heterocycles. The number of carbonyl (C=O) groups excluding carboxylic acids is 1. The molecule has 88 valence electrons. The second kappa shape index (κ2) is 4.42. The molecule has 0 spiro atoms. The lowest BCUT2D eigenvalue weighted by atomic mass is 9.96. The fourth-order valence-corrected chi connectivity index (χ4v) is 2.68. The lowest BCUT2D eigenvalue weighted by molar-refractivity contribution is 0.0970. The molecule has 16 heavy (non-hydrogen) atoms. The number of ketones is 1. The molecule has 3 nitrogen and oxygen atoms in total. The molecule has 2 rings (SSSR count). The molecule has 0 radical (unpaired) electrons. The third kappa shape index (κ3) is 1.80. The van der Waals surface area contributed by atoms with Crippen LogP contribution >= 0.6 is 0 Å². The SMILES string of the molecule is COCC(C)n1c(C)cc2c1CCCC2=O. The second-order valence-corrected chi connectivity index (χ2v) is 4.60. The van der Waals surface area contributed by atoms with E-state index in [1.165, 1.54) is 11.4 Å². The first-order chi connectivity index (χ1) is 7.65. The Morgan fingerprint density at radius 2 is 2.25 bits per heavy atom. The zero-order valence-corrected chi connectivity index (χ0v) is 10.2. The van der Waals surface area contributed by atoms with E-state index in [9.17, 15) is 4.79 Å². The van der Waals surface area contributed by atoms with Gasteiger partial charge >= 0.3 is 0 Å². The Bertz CT molecular complexity index is 406. The third-order valence-corrected chi connectivity index (χ3v) is 3.30. The summed E-state index contributed by atoms with van der Waals surface area (Å²) in [4.78, 5) is 11.8. The van der Waals surface area contributed by atoms with Crippen molar-refractivity contribution in [3.63, 3.8) is 0 Å². The Labute approximate surface area is 96.4 Å². The molecule has 0 bridgehead atoms. The average Bonchev–Trinajstić information content (AvgIpc) is 2.56. The molecule has 0 amide bonds. The minimum absolute atomic E-state index is 0.299. The lowest BCUT2D eigenvalue weighted by Crippen LogP contribution is -2.18. The van der Waals surface area contributed by atoms with E-state index in [1.54, 1.807) is 7.11 Å². The summed E-state index contributed by atoms with van der Waals surface area (Å²) in [5, 5.41) is 0. The van der Waals surface area contributed by atoms with Crippen molar-refractivity contribution in [2.45, 2.75) is 39.2 Å². The normalized spacial score (nSPS) is 17.3. The van der Waals surface area contributed by atoms with Crippen LogP contribution in [-0.4, -0.2) is 24.1 Å². The second-order valence-electron chi connectivity index (χ2n) is 4.60. The molecule has 1 aliphatic carbocycles. The van der Waals surface area contributed by atoms with Crippen LogP contribution in [0.4, 0.5) is 0 Å². The first-order valence-corrected chi connectivity index (χ1v) is 5.88. The zero-order chi connectivity index (χ0) is 11.7. The van der Waals surface area contributed by atoms with Gasteiger partial charge in [0.15, 0.2) is 5.78 Å². The number of fused-ring (bicyclic) bond motifs is 1. The Hall–Kier alpha value is -1.09. The maximum absolute atomic E-state index is 11.8. The van der Waals surface area contributed by atoms with Gasteiger partial charge in [-0.3, -0.25) is 4.79 Å². The summed E-state index contributed by atoms with van der Waals surface area (Å²) in [6.45, 7) is 4.89. The highest BCUT2D eigenvalue weighted by Gasteiger charge is 2.24. The van der Waals surface area contributed by atoms with Gasteiger partial charge < -0.3 is 9.30 Å². The van der Waals surface area contributed by atoms with Crippen LogP contribution in [0.5, 0.6) is 0 Å². The van der Waals surface area contributed by atoms with E-state index in [1.807, 2.05) is 6.07 Å². The van der Waals surface area contributed by atoms with Crippen LogP contribution in [0.2, 0.25) is 0 Å². The standard InChI is InChI=1S/C13H19NO2/c1-9-7-11-12(5-4-6-13(11)15)14(9)10(2)8-16-3/h7,10H,4-6,8H2,1-3H3. The maximum atomic E-state index is 11.8. The van der Waals surface area contributed by atoms with E-state index in [2.05, 4.69) is 18.4 Å². The number of aryl methyl sites for hydroxylation is 1. The largest absolute Gasteiger partial charge is 0.383 e. The van der Waals surface area contributed by atoms with Crippen LogP contribution in [0.15, 0.2) is 6.07 Å². The molecule has 0 aliphatic heterocycles. The smallest absolute Gasteiger partial charge is 0.164 e. The van der Waals surface area contributed by atoms with E-state index in [0.717, 1.165) is 18.4 Å². The molecule has 1 aromatic heterocycles. The van der Waals surface area contributed by atoms with Crippen molar-refractivity contribution >= 4 is 5.78 Å². The number of methoxy groups -OCH3 is 1. The highest BCUT2D eigenvalue weighted by molar-refractivity contribution is 5.98. The van der Waals surface area contributed by atoms with Crippen LogP contribution in [-0.2, 0) is 11.2 Å². The first-order valence-electron chi connectivity index (χ1n) is 5.88. The molecule has 3 heteroatoms. The van der Waals surface area contributed by atoms with E-state index in [-0.39, 0.29) is 0 Å². The molecule has 0 fully saturated rings. The van der Waals surface area contributed by atoms with Gasteiger partial charge in [-0.1, -0.05) is 0 Å². The predicted molar refractivity (Wildman–Crippen MR) is 63.0 cm³/mol. The molecular formula is C13H19NO2. The topological polar surface area (TPSA) is 31.2 Å². The van der Waals surface area contributed by atoms with Crippen LogP contribution in [0, 0.1) is 6.92 Å². The lowest BCUT2D eigenvalue weighted by Gasteiger charge is -2.21. The van der Waals surface area contributed by atoms with Gasteiger partial charge in [0.05, 0.1) is 12.6 Å². The molecule has 0 saturated carbocycles.